The van der Waals surface area contributed by atoms with Gasteiger partial charge in [0.25, 0.3) is 0 Å². The summed E-state index contributed by atoms with van der Waals surface area (Å²) in [4.78, 5) is 21.6. The van der Waals surface area contributed by atoms with Crippen molar-refractivity contribution in [1.82, 2.24) is 10.6 Å². The van der Waals surface area contributed by atoms with Crippen LogP contribution in [0.4, 0.5) is 9.59 Å². The van der Waals surface area contributed by atoms with E-state index in [1.54, 1.807) is 0 Å². The molecule has 0 aromatic carbocycles. The third-order valence-corrected chi connectivity index (χ3v) is 1.31. The fraction of sp³-hybridized carbons (Fsp3) is 0.750. The minimum absolute atomic E-state index is 0.0796. The number of hydrogen-bond acceptors (Lipinski definition) is 6. The molecular formula is C8H16N2O6. The van der Waals surface area contributed by atoms with Crippen LogP contribution >= 0.6 is 0 Å². The highest BCUT2D eigenvalue weighted by molar-refractivity contribution is 5.67. The van der Waals surface area contributed by atoms with Crippen molar-refractivity contribution in [3.8, 4) is 0 Å². The van der Waals surface area contributed by atoms with Crippen LogP contribution in [0.3, 0.4) is 0 Å². The van der Waals surface area contributed by atoms with Crippen LogP contribution in [-0.4, -0.2) is 61.9 Å². The molecular weight excluding hydrogens is 220 g/mol. The zero-order valence-corrected chi connectivity index (χ0v) is 8.77. The molecule has 0 atom stereocenters. The Balaban J connectivity index is 3.31. The third-order valence-electron chi connectivity index (χ3n) is 1.31. The lowest BCUT2D eigenvalue weighted by Crippen LogP contribution is -2.30. The molecule has 0 radical (unpaired) electrons. The maximum atomic E-state index is 10.8. The minimum atomic E-state index is -0.687. The summed E-state index contributed by atoms with van der Waals surface area (Å²) in [7, 11) is 0. The molecule has 0 aliphatic rings. The van der Waals surface area contributed by atoms with Crippen molar-refractivity contribution >= 4 is 12.2 Å². The van der Waals surface area contributed by atoms with E-state index in [0.717, 1.165) is 0 Å². The minimum Gasteiger partial charge on any atom is -0.446 e. The van der Waals surface area contributed by atoms with Gasteiger partial charge in [-0.25, -0.2) is 9.59 Å². The van der Waals surface area contributed by atoms with Gasteiger partial charge in [0.15, 0.2) is 0 Å². The summed E-state index contributed by atoms with van der Waals surface area (Å²) < 4.78 is 9.17. The predicted octanol–water partition coefficient (Wildman–Crippen LogP) is -1.58. The largest absolute Gasteiger partial charge is 0.446 e. The normalized spacial score (nSPS) is 9.38. The van der Waals surface area contributed by atoms with Crippen molar-refractivity contribution < 1.29 is 29.3 Å². The zero-order valence-electron chi connectivity index (χ0n) is 8.77. The van der Waals surface area contributed by atoms with Crippen LogP contribution in [-0.2, 0) is 9.47 Å². The van der Waals surface area contributed by atoms with Crippen molar-refractivity contribution in [1.29, 1.82) is 0 Å². The molecule has 0 bridgehead atoms. The lowest BCUT2D eigenvalue weighted by Gasteiger charge is -2.07. The number of nitrogens with one attached hydrogen (secondary N) is 2. The summed E-state index contributed by atoms with van der Waals surface area (Å²) in [6.45, 7) is -0.286. The average molecular weight is 236 g/mol. The number of carbonyl (C=O) groups is 2. The molecule has 16 heavy (non-hydrogen) atoms. The van der Waals surface area contributed by atoms with Gasteiger partial charge < -0.3 is 30.3 Å². The molecule has 0 heterocycles. The predicted molar refractivity (Wildman–Crippen MR) is 52.9 cm³/mol. The number of ether oxygens (including phenoxy) is 2. The molecule has 0 saturated heterocycles. The maximum Gasteiger partial charge on any atom is 0.407 e. The van der Waals surface area contributed by atoms with Gasteiger partial charge in [0.05, 0.1) is 13.2 Å². The van der Waals surface area contributed by atoms with Gasteiger partial charge in [-0.3, -0.25) is 0 Å². The molecule has 0 rings (SSSR count). The van der Waals surface area contributed by atoms with E-state index in [4.69, 9.17) is 10.2 Å². The summed E-state index contributed by atoms with van der Waals surface area (Å²) in [6, 6.07) is 0. The molecule has 0 unspecified atom stereocenters. The number of amides is 2. The van der Waals surface area contributed by atoms with Gasteiger partial charge in [-0.15, -0.1) is 0 Å². The smallest absolute Gasteiger partial charge is 0.407 e. The Hall–Kier alpha value is -1.54. The highest BCUT2D eigenvalue weighted by Gasteiger charge is 2.02. The molecule has 94 valence electrons. The van der Waals surface area contributed by atoms with Gasteiger partial charge in [0.2, 0.25) is 0 Å². The Morgan fingerprint density at radius 3 is 1.56 bits per heavy atom. The first-order chi connectivity index (χ1) is 7.70. The monoisotopic (exact) mass is 236 g/mol. The van der Waals surface area contributed by atoms with Crippen LogP contribution in [0.5, 0.6) is 0 Å². The second-order valence-corrected chi connectivity index (χ2v) is 2.57. The first-order valence-corrected chi connectivity index (χ1v) is 4.73. The Labute approximate surface area is 92.5 Å². The summed E-state index contributed by atoms with van der Waals surface area (Å²) in [5.41, 5.74) is 0. The van der Waals surface area contributed by atoms with Crippen LogP contribution in [0.2, 0.25) is 0 Å². The van der Waals surface area contributed by atoms with E-state index in [2.05, 4.69) is 20.1 Å². The molecule has 4 N–H and O–H groups in total. The molecule has 0 aromatic heterocycles. The number of aliphatic hydroxyl groups is 2. The highest BCUT2D eigenvalue weighted by atomic mass is 16.6. The van der Waals surface area contributed by atoms with E-state index < -0.39 is 12.2 Å². The Morgan fingerprint density at radius 1 is 0.875 bits per heavy atom. The van der Waals surface area contributed by atoms with Crippen LogP contribution in [0, 0.1) is 0 Å². The second-order valence-electron chi connectivity index (χ2n) is 2.57. The number of aliphatic hydroxyl groups excluding tert-OH is 2. The molecule has 8 nitrogen and oxygen atoms in total. The van der Waals surface area contributed by atoms with Gasteiger partial charge in [0, 0.05) is 13.1 Å². The van der Waals surface area contributed by atoms with Gasteiger partial charge >= 0.3 is 12.2 Å². The molecule has 2 amide bonds. The van der Waals surface area contributed by atoms with Crippen LogP contribution in [0.15, 0.2) is 0 Å². The molecule has 0 saturated carbocycles. The van der Waals surface area contributed by atoms with Crippen LogP contribution in [0.25, 0.3) is 0 Å². The maximum absolute atomic E-state index is 10.8. The molecule has 8 heteroatoms. The van der Waals surface area contributed by atoms with Gasteiger partial charge in [-0.05, 0) is 0 Å². The molecule has 0 spiro atoms. The summed E-state index contributed by atoms with van der Waals surface area (Å²) in [6.07, 6.45) is -1.37. The van der Waals surface area contributed by atoms with Crippen molar-refractivity contribution in [3.05, 3.63) is 0 Å². The Bertz CT molecular complexity index is 189. The van der Waals surface area contributed by atoms with Crippen molar-refractivity contribution in [2.75, 3.05) is 39.5 Å². The van der Waals surface area contributed by atoms with E-state index in [1.807, 2.05) is 0 Å². The number of rotatable bonds is 7. The number of carbonyl (C=O) groups excluding carboxylic acids is 2. The summed E-state index contributed by atoms with van der Waals surface area (Å²) in [5, 5.41) is 21.3. The quantitative estimate of drug-likeness (QED) is 0.396. The molecule has 0 fully saturated rings. The Kier molecular flexibility index (Phi) is 9.03. The fourth-order valence-corrected chi connectivity index (χ4v) is 0.687. The lowest BCUT2D eigenvalue weighted by molar-refractivity contribution is 0.0941. The SMILES string of the molecule is O=C(NCCO)OCCOC(=O)NCCO. The van der Waals surface area contributed by atoms with Gasteiger partial charge in [-0.2, -0.15) is 0 Å². The van der Waals surface area contributed by atoms with E-state index in [-0.39, 0.29) is 39.5 Å². The van der Waals surface area contributed by atoms with Crippen molar-refractivity contribution in [2.45, 2.75) is 0 Å². The van der Waals surface area contributed by atoms with Gasteiger partial charge in [0.1, 0.15) is 13.2 Å². The molecule has 0 aliphatic heterocycles. The van der Waals surface area contributed by atoms with Gasteiger partial charge in [-0.1, -0.05) is 0 Å². The summed E-state index contributed by atoms with van der Waals surface area (Å²) >= 11 is 0. The fourth-order valence-electron chi connectivity index (χ4n) is 0.687. The number of alkyl carbamates (subject to hydrolysis) is 2. The molecule has 0 aromatic rings. The third kappa shape index (κ3) is 9.03. The van der Waals surface area contributed by atoms with Crippen molar-refractivity contribution in [3.63, 3.8) is 0 Å². The first-order valence-electron chi connectivity index (χ1n) is 4.73. The van der Waals surface area contributed by atoms with E-state index in [1.165, 1.54) is 0 Å². The first kappa shape index (κ1) is 14.5. The Morgan fingerprint density at radius 2 is 1.25 bits per heavy atom. The van der Waals surface area contributed by atoms with Crippen LogP contribution in [0.1, 0.15) is 0 Å². The average Bonchev–Trinajstić information content (AvgIpc) is 2.29. The van der Waals surface area contributed by atoms with E-state index in [9.17, 15) is 9.59 Å². The van der Waals surface area contributed by atoms with Crippen LogP contribution < -0.4 is 10.6 Å². The lowest BCUT2D eigenvalue weighted by atomic mass is 10.7. The van der Waals surface area contributed by atoms with Crippen molar-refractivity contribution in [2.24, 2.45) is 0 Å². The second kappa shape index (κ2) is 9.99. The standard InChI is InChI=1S/C8H16N2O6/c11-3-1-9-7(13)15-5-6-16-8(14)10-2-4-12/h11-12H,1-6H2,(H,9,13)(H,10,14). The molecule has 0 aliphatic carbocycles. The van der Waals surface area contributed by atoms with E-state index >= 15 is 0 Å². The number of hydrogen-bond donors (Lipinski definition) is 4. The highest BCUT2D eigenvalue weighted by Crippen LogP contribution is 1.81. The topological polar surface area (TPSA) is 117 Å². The zero-order chi connectivity index (χ0) is 12.2. The van der Waals surface area contributed by atoms with E-state index in [0.29, 0.717) is 0 Å². The summed E-state index contributed by atoms with van der Waals surface area (Å²) in [5.74, 6) is 0.